The summed E-state index contributed by atoms with van der Waals surface area (Å²) >= 11 is 0. The number of carbonyl (C=O) groups excluding carboxylic acids is 1. The number of non-ortho nitro benzene ring substituents is 1. The molecule has 8 heteroatoms. The second kappa shape index (κ2) is 6.16. The fourth-order valence-electron chi connectivity index (χ4n) is 2.41. The maximum Gasteiger partial charge on any atom is 0.281 e. The smallest absolute Gasteiger partial charge is 0.281 e. The van der Waals surface area contributed by atoms with Crippen LogP contribution in [0.2, 0.25) is 0 Å². The number of fused-ring (bicyclic) bond motifs is 1. The van der Waals surface area contributed by atoms with E-state index in [1.807, 2.05) is 6.92 Å². The molecule has 2 aromatic heterocycles. The number of nitro benzene ring substituents is 1. The highest BCUT2D eigenvalue weighted by Crippen LogP contribution is 2.15. The van der Waals surface area contributed by atoms with Crippen LogP contribution >= 0.6 is 0 Å². The zero-order chi connectivity index (χ0) is 18.1. The first-order chi connectivity index (χ1) is 11.9. The molecule has 0 saturated carbocycles. The fourth-order valence-corrected chi connectivity index (χ4v) is 2.41. The van der Waals surface area contributed by atoms with Gasteiger partial charge in [0.05, 0.1) is 10.6 Å². The summed E-state index contributed by atoms with van der Waals surface area (Å²) in [6, 6.07) is 8.67. The molecule has 8 nitrogen and oxygen atoms in total. The van der Waals surface area contributed by atoms with Crippen LogP contribution in [-0.2, 0) is 0 Å². The van der Waals surface area contributed by atoms with Crippen molar-refractivity contribution in [1.82, 2.24) is 9.38 Å². The molecule has 0 saturated heterocycles. The molecule has 0 unspecified atom stereocenters. The number of nitrogens with zero attached hydrogens (tertiary/aromatic N) is 3. The SMILES string of the molecule is Cc1ccn2c(=O)c(NC(=O)c3ccc([N+](=O)[O-])cc3)c(C)nc2c1. The summed E-state index contributed by atoms with van der Waals surface area (Å²) in [6.45, 7) is 3.53. The Balaban J connectivity index is 1.97. The standard InChI is InChI=1S/C17H14N4O4/c1-10-7-8-20-14(9-10)18-11(2)15(17(20)23)19-16(22)12-3-5-13(6-4-12)21(24)25/h3-9H,1-2H3,(H,19,22). The van der Waals surface area contributed by atoms with Crippen LogP contribution < -0.4 is 10.9 Å². The van der Waals surface area contributed by atoms with Crippen LogP contribution in [0.25, 0.3) is 5.65 Å². The van der Waals surface area contributed by atoms with E-state index >= 15 is 0 Å². The van der Waals surface area contributed by atoms with E-state index in [9.17, 15) is 19.7 Å². The Bertz CT molecular complexity index is 1050. The van der Waals surface area contributed by atoms with Gasteiger partial charge in [-0.15, -0.1) is 0 Å². The molecule has 0 aliphatic heterocycles. The number of hydrogen-bond acceptors (Lipinski definition) is 5. The zero-order valence-corrected chi connectivity index (χ0v) is 13.5. The van der Waals surface area contributed by atoms with E-state index in [4.69, 9.17) is 0 Å². The number of carbonyl (C=O) groups is 1. The van der Waals surface area contributed by atoms with Gasteiger partial charge in [0.1, 0.15) is 11.3 Å². The second-order valence-electron chi connectivity index (χ2n) is 5.57. The van der Waals surface area contributed by atoms with Crippen LogP contribution in [0.4, 0.5) is 11.4 Å². The van der Waals surface area contributed by atoms with Crippen molar-refractivity contribution in [2.45, 2.75) is 13.8 Å². The van der Waals surface area contributed by atoms with Gasteiger partial charge in [0.25, 0.3) is 17.2 Å². The van der Waals surface area contributed by atoms with Crippen molar-refractivity contribution in [3.63, 3.8) is 0 Å². The molecule has 0 fully saturated rings. The van der Waals surface area contributed by atoms with Crippen LogP contribution in [0, 0.1) is 24.0 Å². The highest BCUT2D eigenvalue weighted by Gasteiger charge is 2.15. The summed E-state index contributed by atoms with van der Waals surface area (Å²) in [6.07, 6.45) is 1.60. The highest BCUT2D eigenvalue weighted by molar-refractivity contribution is 6.04. The van der Waals surface area contributed by atoms with Crippen molar-refractivity contribution < 1.29 is 9.72 Å². The second-order valence-corrected chi connectivity index (χ2v) is 5.57. The average molecular weight is 338 g/mol. The van der Waals surface area contributed by atoms with Gasteiger partial charge in [0.15, 0.2) is 0 Å². The van der Waals surface area contributed by atoms with Crippen LogP contribution in [0.3, 0.4) is 0 Å². The topological polar surface area (TPSA) is 107 Å². The number of hydrogen-bond donors (Lipinski definition) is 1. The molecular weight excluding hydrogens is 324 g/mol. The van der Waals surface area contributed by atoms with Crippen LogP contribution in [0.5, 0.6) is 0 Å². The van der Waals surface area contributed by atoms with E-state index < -0.39 is 16.4 Å². The summed E-state index contributed by atoms with van der Waals surface area (Å²) in [7, 11) is 0. The van der Waals surface area contributed by atoms with Gasteiger partial charge in [-0.25, -0.2) is 4.98 Å². The van der Waals surface area contributed by atoms with E-state index in [1.54, 1.807) is 25.3 Å². The fraction of sp³-hybridized carbons (Fsp3) is 0.118. The minimum Gasteiger partial charge on any atom is -0.316 e. The lowest BCUT2D eigenvalue weighted by Gasteiger charge is -2.10. The van der Waals surface area contributed by atoms with Gasteiger partial charge < -0.3 is 5.32 Å². The third kappa shape index (κ3) is 3.09. The van der Waals surface area contributed by atoms with Gasteiger partial charge in [0, 0.05) is 23.9 Å². The number of anilines is 1. The Kier molecular flexibility index (Phi) is 4.02. The third-order valence-electron chi connectivity index (χ3n) is 3.75. The quantitative estimate of drug-likeness (QED) is 0.583. The van der Waals surface area contributed by atoms with Crippen LogP contribution in [0.1, 0.15) is 21.6 Å². The molecular formula is C17H14N4O4. The lowest BCUT2D eigenvalue weighted by atomic mass is 10.2. The first-order valence-corrected chi connectivity index (χ1v) is 7.42. The van der Waals surface area contributed by atoms with Crippen molar-refractivity contribution >= 4 is 22.9 Å². The number of amides is 1. The largest absolute Gasteiger partial charge is 0.316 e. The summed E-state index contributed by atoms with van der Waals surface area (Å²) in [4.78, 5) is 39.4. The number of rotatable bonds is 3. The molecule has 3 rings (SSSR count). The molecule has 0 aliphatic carbocycles. The predicted octanol–water partition coefficient (Wildman–Crippen LogP) is 2.47. The Morgan fingerprint density at radius 1 is 1.20 bits per heavy atom. The van der Waals surface area contributed by atoms with E-state index in [2.05, 4.69) is 10.3 Å². The molecule has 3 aromatic rings. The number of pyridine rings is 1. The van der Waals surface area contributed by atoms with Crippen molar-refractivity contribution in [3.05, 3.63) is 79.9 Å². The molecule has 25 heavy (non-hydrogen) atoms. The highest BCUT2D eigenvalue weighted by atomic mass is 16.6. The van der Waals surface area contributed by atoms with Crippen molar-refractivity contribution in [1.29, 1.82) is 0 Å². The molecule has 1 N–H and O–H groups in total. The number of nitrogens with one attached hydrogen (secondary N) is 1. The maximum atomic E-state index is 12.6. The molecule has 1 amide bonds. The Morgan fingerprint density at radius 2 is 1.88 bits per heavy atom. The summed E-state index contributed by atoms with van der Waals surface area (Å²) in [5, 5.41) is 13.2. The van der Waals surface area contributed by atoms with Gasteiger partial charge in [-0.1, -0.05) is 0 Å². The van der Waals surface area contributed by atoms with Gasteiger partial charge in [-0.2, -0.15) is 0 Å². The first-order valence-electron chi connectivity index (χ1n) is 7.42. The molecule has 0 atom stereocenters. The van der Waals surface area contributed by atoms with Crippen molar-refractivity contribution in [3.8, 4) is 0 Å². The number of aryl methyl sites for hydroxylation is 2. The van der Waals surface area contributed by atoms with Crippen LogP contribution in [-0.4, -0.2) is 20.2 Å². The van der Waals surface area contributed by atoms with Crippen LogP contribution in [0.15, 0.2) is 47.4 Å². The predicted molar refractivity (Wildman–Crippen MR) is 92.0 cm³/mol. The van der Waals surface area contributed by atoms with Gasteiger partial charge in [-0.05, 0) is 43.7 Å². The number of nitro groups is 1. The summed E-state index contributed by atoms with van der Waals surface area (Å²) < 4.78 is 1.35. The van der Waals surface area contributed by atoms with E-state index in [0.29, 0.717) is 11.3 Å². The van der Waals surface area contributed by atoms with Crippen molar-refractivity contribution in [2.24, 2.45) is 0 Å². The molecule has 0 radical (unpaired) electrons. The lowest BCUT2D eigenvalue weighted by Crippen LogP contribution is -2.25. The van der Waals surface area contributed by atoms with Gasteiger partial charge in [-0.3, -0.25) is 24.1 Å². The molecule has 126 valence electrons. The monoisotopic (exact) mass is 338 g/mol. The molecule has 0 bridgehead atoms. The van der Waals surface area contributed by atoms with Gasteiger partial charge in [0.2, 0.25) is 0 Å². The molecule has 1 aromatic carbocycles. The van der Waals surface area contributed by atoms with E-state index in [-0.39, 0.29) is 16.9 Å². The van der Waals surface area contributed by atoms with E-state index in [0.717, 1.165) is 5.56 Å². The van der Waals surface area contributed by atoms with E-state index in [1.165, 1.54) is 28.7 Å². The molecule has 0 aliphatic rings. The Morgan fingerprint density at radius 3 is 2.52 bits per heavy atom. The summed E-state index contributed by atoms with van der Waals surface area (Å²) in [5.74, 6) is -0.538. The zero-order valence-electron chi connectivity index (χ0n) is 13.5. The first kappa shape index (κ1) is 16.3. The normalized spacial score (nSPS) is 10.6. The third-order valence-corrected chi connectivity index (χ3v) is 3.75. The lowest BCUT2D eigenvalue weighted by molar-refractivity contribution is -0.384. The summed E-state index contributed by atoms with van der Waals surface area (Å²) in [5.41, 5.74) is 1.63. The Labute approximate surface area is 141 Å². The maximum absolute atomic E-state index is 12.6. The Hall–Kier alpha value is -3.55. The number of benzene rings is 1. The van der Waals surface area contributed by atoms with Crippen molar-refractivity contribution in [2.75, 3.05) is 5.32 Å². The average Bonchev–Trinajstić information content (AvgIpc) is 2.58. The molecule has 0 spiro atoms. The molecule has 2 heterocycles. The number of aromatic nitrogens is 2. The minimum absolute atomic E-state index is 0.0738. The minimum atomic E-state index is -0.548. The van der Waals surface area contributed by atoms with Gasteiger partial charge >= 0.3 is 0 Å².